The number of urea groups is 1. The molecular weight excluding hydrogens is 236 g/mol. The van der Waals surface area contributed by atoms with Crippen LogP contribution >= 0.6 is 11.9 Å². The van der Waals surface area contributed by atoms with E-state index in [-0.39, 0.29) is 6.03 Å². The highest BCUT2D eigenvalue weighted by Gasteiger charge is 2.09. The molecule has 6 heteroatoms. The molecule has 5 nitrogen and oxygen atoms in total. The Hall–Kier alpha value is -1.95. The molecule has 0 atom stereocenters. The molecule has 0 saturated heterocycles. The highest BCUT2D eigenvalue weighted by molar-refractivity contribution is 7.97. The third kappa shape index (κ3) is 5.07. The number of para-hydroxylation sites is 1. The summed E-state index contributed by atoms with van der Waals surface area (Å²) >= 11 is 1.18. The molecule has 0 aliphatic carbocycles. The van der Waals surface area contributed by atoms with Gasteiger partial charge >= 0.3 is 6.03 Å². The first-order valence-corrected chi connectivity index (χ1v) is 5.67. The lowest BCUT2D eigenvalue weighted by molar-refractivity contribution is -0.404. The number of nitrogens with one attached hydrogen (secondary N) is 3. The number of nitrogens with zero attached hydrogens (tertiary/aromatic N) is 1. The Morgan fingerprint density at radius 3 is 2.59 bits per heavy atom. The van der Waals surface area contributed by atoms with E-state index in [1.807, 2.05) is 18.2 Å². The van der Waals surface area contributed by atoms with Crippen molar-refractivity contribution in [1.29, 1.82) is 0 Å². The number of hydrazone groups is 1. The van der Waals surface area contributed by atoms with Crippen LogP contribution in [0.3, 0.4) is 0 Å². The van der Waals surface area contributed by atoms with Gasteiger partial charge in [-0.2, -0.15) is 5.43 Å². The number of rotatable bonds is 5. The molecule has 0 bridgehead atoms. The first-order chi connectivity index (χ1) is 8.11. The molecule has 1 aromatic rings. The van der Waals surface area contributed by atoms with E-state index < -0.39 is 0 Å². The fraction of sp³-hybridized carbons (Fsp3) is 0.0909. The lowest BCUT2D eigenvalue weighted by atomic mass is 10.3. The monoisotopic (exact) mass is 251 g/mol. The van der Waals surface area contributed by atoms with Crippen LogP contribution in [0, 0.1) is 0 Å². The van der Waals surface area contributed by atoms with Crippen molar-refractivity contribution in [2.45, 2.75) is 0 Å². The summed E-state index contributed by atoms with van der Waals surface area (Å²) in [4.78, 5) is 11.5. The van der Waals surface area contributed by atoms with E-state index in [1.165, 1.54) is 16.0 Å². The lowest BCUT2D eigenvalue weighted by Gasteiger charge is -2.06. The van der Waals surface area contributed by atoms with Crippen LogP contribution in [0.4, 0.5) is 10.5 Å². The van der Waals surface area contributed by atoms with Gasteiger partial charge in [0.05, 0.1) is 7.05 Å². The molecule has 0 spiro atoms. The average Bonchev–Trinajstić information content (AvgIpc) is 2.29. The van der Waals surface area contributed by atoms with Crippen LogP contribution in [-0.2, 0) is 0 Å². The van der Waals surface area contributed by atoms with Gasteiger partial charge in [-0.25, -0.2) is 4.79 Å². The molecule has 0 aliphatic rings. The Labute approximate surface area is 105 Å². The summed E-state index contributed by atoms with van der Waals surface area (Å²) in [5, 5.41) is 5.75. The summed E-state index contributed by atoms with van der Waals surface area (Å²) in [6, 6.07) is 8.84. The largest absolute Gasteiger partial charge is 0.324 e. The SMILES string of the molecule is C=C(NC(=O)Nc1ccccc1)S[N+](=C)NC. The molecule has 90 valence electrons. The second kappa shape index (κ2) is 6.59. The smallest absolute Gasteiger partial charge is 0.308 e. The van der Waals surface area contributed by atoms with Crippen LogP contribution in [0.15, 0.2) is 41.9 Å². The van der Waals surface area contributed by atoms with Crippen molar-refractivity contribution in [1.82, 2.24) is 10.7 Å². The standard InChI is InChI=1S/C11H14N4OS/c1-9(17-15(3)12-2)13-11(16)14-10-7-5-4-6-8-10/h4-8,12H,1,3H2,2H3,(H-,13,14,16)/p+1. The zero-order valence-electron chi connectivity index (χ0n) is 9.56. The molecule has 2 amide bonds. The van der Waals surface area contributed by atoms with E-state index in [2.05, 4.69) is 29.4 Å². The molecule has 0 radical (unpaired) electrons. The quantitative estimate of drug-likeness (QED) is 0.323. The van der Waals surface area contributed by atoms with Gasteiger partial charge in [0.2, 0.25) is 11.9 Å². The minimum Gasteiger partial charge on any atom is -0.308 e. The topological polar surface area (TPSA) is 56.2 Å². The summed E-state index contributed by atoms with van der Waals surface area (Å²) in [5.41, 5.74) is 3.50. The Kier molecular flexibility index (Phi) is 5.09. The Morgan fingerprint density at radius 2 is 2.00 bits per heavy atom. The lowest BCUT2D eigenvalue weighted by Crippen LogP contribution is -2.28. The van der Waals surface area contributed by atoms with E-state index >= 15 is 0 Å². The van der Waals surface area contributed by atoms with Crippen LogP contribution in [0.2, 0.25) is 0 Å². The molecular formula is C11H15N4OS+. The number of amides is 2. The highest BCUT2D eigenvalue weighted by atomic mass is 32.2. The third-order valence-electron chi connectivity index (χ3n) is 1.75. The molecule has 1 rings (SSSR count). The van der Waals surface area contributed by atoms with Crippen molar-refractivity contribution in [3.63, 3.8) is 0 Å². The summed E-state index contributed by atoms with van der Waals surface area (Å²) in [7, 11) is 1.72. The van der Waals surface area contributed by atoms with E-state index in [0.29, 0.717) is 5.03 Å². The third-order valence-corrected chi connectivity index (χ3v) is 2.48. The van der Waals surface area contributed by atoms with Gasteiger partial charge in [0.15, 0.2) is 6.72 Å². The molecule has 0 fully saturated rings. The number of benzene rings is 1. The zero-order valence-corrected chi connectivity index (χ0v) is 10.4. The fourth-order valence-corrected chi connectivity index (χ4v) is 1.51. The van der Waals surface area contributed by atoms with E-state index in [0.717, 1.165) is 5.69 Å². The van der Waals surface area contributed by atoms with Gasteiger partial charge in [-0.15, -0.1) is 0 Å². The minimum atomic E-state index is -0.335. The van der Waals surface area contributed by atoms with Gasteiger partial charge in [0.1, 0.15) is 5.03 Å². The molecule has 0 unspecified atom stereocenters. The number of hydrazine groups is 1. The Morgan fingerprint density at radius 1 is 1.35 bits per heavy atom. The molecule has 3 N–H and O–H groups in total. The van der Waals surface area contributed by atoms with Gasteiger partial charge in [0.25, 0.3) is 0 Å². The van der Waals surface area contributed by atoms with Crippen molar-refractivity contribution in [2.24, 2.45) is 0 Å². The summed E-state index contributed by atoms with van der Waals surface area (Å²) < 4.78 is 1.48. The Balaban J connectivity index is 2.40. The molecule has 0 aliphatic heterocycles. The molecule has 1 aromatic carbocycles. The van der Waals surface area contributed by atoms with Gasteiger partial charge in [0, 0.05) is 5.69 Å². The minimum absolute atomic E-state index is 0.335. The van der Waals surface area contributed by atoms with Crippen molar-refractivity contribution < 1.29 is 8.88 Å². The fourth-order valence-electron chi connectivity index (χ4n) is 1.01. The molecule has 17 heavy (non-hydrogen) atoms. The number of hydrogen-bond donors (Lipinski definition) is 3. The number of hydrogen-bond acceptors (Lipinski definition) is 3. The van der Waals surface area contributed by atoms with Crippen LogP contribution in [0.25, 0.3) is 0 Å². The van der Waals surface area contributed by atoms with Crippen molar-refractivity contribution in [3.8, 4) is 0 Å². The zero-order chi connectivity index (χ0) is 12.7. The van der Waals surface area contributed by atoms with E-state index in [4.69, 9.17) is 0 Å². The van der Waals surface area contributed by atoms with Gasteiger partial charge in [-0.05, 0) is 12.1 Å². The normalized spacial score (nSPS) is 9.24. The number of carbonyl (C=O) groups is 1. The van der Waals surface area contributed by atoms with Gasteiger partial charge < -0.3 is 5.32 Å². The number of anilines is 1. The van der Waals surface area contributed by atoms with Crippen molar-refractivity contribution >= 4 is 30.4 Å². The summed E-state index contributed by atoms with van der Waals surface area (Å²) in [6.45, 7) is 7.33. The molecule has 0 aromatic heterocycles. The van der Waals surface area contributed by atoms with Gasteiger partial charge in [-0.3, -0.25) is 5.32 Å². The van der Waals surface area contributed by atoms with Crippen molar-refractivity contribution in [2.75, 3.05) is 12.4 Å². The number of carbonyl (C=O) groups excluding carboxylic acids is 1. The molecule has 0 heterocycles. The van der Waals surface area contributed by atoms with Crippen molar-refractivity contribution in [3.05, 3.63) is 41.9 Å². The molecule has 0 saturated carbocycles. The van der Waals surface area contributed by atoms with Crippen LogP contribution in [0.5, 0.6) is 0 Å². The van der Waals surface area contributed by atoms with E-state index in [9.17, 15) is 4.79 Å². The predicted molar refractivity (Wildman–Crippen MR) is 71.8 cm³/mol. The predicted octanol–water partition coefficient (Wildman–Crippen LogP) is 1.77. The van der Waals surface area contributed by atoms with Crippen LogP contribution in [-0.4, -0.2) is 23.9 Å². The maximum atomic E-state index is 11.5. The van der Waals surface area contributed by atoms with Crippen LogP contribution in [0.1, 0.15) is 0 Å². The second-order valence-electron chi connectivity index (χ2n) is 3.06. The average molecular weight is 251 g/mol. The van der Waals surface area contributed by atoms with Crippen LogP contribution < -0.4 is 16.1 Å². The first-order valence-electron chi connectivity index (χ1n) is 4.89. The van der Waals surface area contributed by atoms with E-state index in [1.54, 1.807) is 19.2 Å². The maximum Gasteiger partial charge on any atom is 0.324 e. The first kappa shape index (κ1) is 13.1. The summed E-state index contributed by atoms with van der Waals surface area (Å²) in [5.74, 6) is 0. The summed E-state index contributed by atoms with van der Waals surface area (Å²) in [6.07, 6.45) is 0. The maximum absolute atomic E-state index is 11.5. The second-order valence-corrected chi connectivity index (χ2v) is 4.18. The Bertz CT molecular complexity index is 419. The van der Waals surface area contributed by atoms with Gasteiger partial charge in [-0.1, -0.05) is 28.9 Å². The highest BCUT2D eigenvalue weighted by Crippen LogP contribution is 2.09.